The van der Waals surface area contributed by atoms with Gasteiger partial charge >= 0.3 is 0 Å². The molecule has 158 valence electrons. The second kappa shape index (κ2) is 9.25. The number of anilines is 1. The molecule has 6 nitrogen and oxygen atoms in total. The van der Waals surface area contributed by atoms with Gasteiger partial charge in [0.25, 0.3) is 0 Å². The van der Waals surface area contributed by atoms with Crippen molar-refractivity contribution in [1.29, 1.82) is 0 Å². The summed E-state index contributed by atoms with van der Waals surface area (Å²) in [5.41, 5.74) is 2.83. The molecule has 0 spiro atoms. The van der Waals surface area contributed by atoms with Gasteiger partial charge in [0.1, 0.15) is 5.82 Å². The highest BCUT2D eigenvalue weighted by atomic mass is 32.2. The summed E-state index contributed by atoms with van der Waals surface area (Å²) in [5, 5.41) is 11.6. The van der Waals surface area contributed by atoms with Crippen molar-refractivity contribution in [2.45, 2.75) is 32.0 Å². The molecule has 3 rings (SSSR count). The van der Waals surface area contributed by atoms with E-state index < -0.39 is 17.7 Å². The summed E-state index contributed by atoms with van der Waals surface area (Å²) in [6.07, 6.45) is -0.624. The number of carbonyl (C=O) groups is 1. The minimum atomic E-state index is -0.790. The Morgan fingerprint density at radius 1 is 1.20 bits per heavy atom. The Labute approximate surface area is 177 Å². The summed E-state index contributed by atoms with van der Waals surface area (Å²) in [5.74, 6) is -1.09. The van der Waals surface area contributed by atoms with Crippen LogP contribution in [0.15, 0.2) is 41.6 Å². The van der Waals surface area contributed by atoms with Crippen LogP contribution in [0.4, 0.5) is 14.5 Å². The van der Waals surface area contributed by atoms with Gasteiger partial charge in [-0.1, -0.05) is 23.9 Å². The largest absolute Gasteiger partial charge is 0.480 e. The number of ether oxygens (including phenoxy) is 1. The fourth-order valence-electron chi connectivity index (χ4n) is 2.81. The van der Waals surface area contributed by atoms with Crippen molar-refractivity contribution in [3.8, 4) is 5.75 Å². The molecule has 9 heteroatoms. The van der Waals surface area contributed by atoms with Crippen LogP contribution in [0.1, 0.15) is 30.0 Å². The van der Waals surface area contributed by atoms with Crippen molar-refractivity contribution in [3.05, 3.63) is 65.0 Å². The van der Waals surface area contributed by atoms with Gasteiger partial charge < -0.3 is 14.6 Å². The number of thioether (sulfide) groups is 1. The van der Waals surface area contributed by atoms with Crippen LogP contribution in [0.5, 0.6) is 5.75 Å². The van der Waals surface area contributed by atoms with Crippen molar-refractivity contribution in [2.24, 2.45) is 7.05 Å². The smallest absolute Gasteiger partial charge is 0.234 e. The summed E-state index contributed by atoms with van der Waals surface area (Å²) in [6, 6.07) is 8.98. The van der Waals surface area contributed by atoms with Gasteiger partial charge in [0.2, 0.25) is 5.91 Å². The minimum absolute atomic E-state index is 0.0750. The molecule has 0 fully saturated rings. The van der Waals surface area contributed by atoms with Crippen LogP contribution < -0.4 is 10.1 Å². The molecule has 0 bridgehead atoms. The molecular formula is C21H22F2N4O2S. The summed E-state index contributed by atoms with van der Waals surface area (Å²) in [6.45, 7) is 5.59. The predicted molar refractivity (Wildman–Crippen MR) is 112 cm³/mol. The molecular weight excluding hydrogens is 410 g/mol. The van der Waals surface area contributed by atoms with E-state index in [0.717, 1.165) is 28.9 Å². The molecule has 1 atom stereocenters. The van der Waals surface area contributed by atoms with E-state index in [1.807, 2.05) is 32.0 Å². The van der Waals surface area contributed by atoms with Crippen LogP contribution in [0.25, 0.3) is 0 Å². The van der Waals surface area contributed by atoms with Crippen molar-refractivity contribution in [3.63, 3.8) is 0 Å². The molecule has 1 N–H and O–H groups in total. The lowest BCUT2D eigenvalue weighted by atomic mass is 10.1. The molecule has 1 heterocycles. The Hall–Kier alpha value is -2.94. The van der Waals surface area contributed by atoms with Crippen LogP contribution in [0.3, 0.4) is 0 Å². The van der Waals surface area contributed by atoms with Gasteiger partial charge in [-0.2, -0.15) is 0 Å². The Kier molecular flexibility index (Phi) is 6.71. The third-order valence-corrected chi connectivity index (χ3v) is 5.45. The molecule has 3 aromatic rings. The molecule has 0 saturated heterocycles. The molecule has 0 aliphatic carbocycles. The van der Waals surface area contributed by atoms with E-state index in [-0.39, 0.29) is 17.4 Å². The number of carbonyl (C=O) groups excluding carboxylic acids is 1. The zero-order valence-corrected chi connectivity index (χ0v) is 17.9. The molecule has 1 aromatic heterocycles. The predicted octanol–water partition coefficient (Wildman–Crippen LogP) is 4.58. The first-order valence-corrected chi connectivity index (χ1v) is 10.2. The number of aryl methyl sites for hydroxylation is 2. The molecule has 30 heavy (non-hydrogen) atoms. The first-order valence-electron chi connectivity index (χ1n) is 9.25. The van der Waals surface area contributed by atoms with Gasteiger partial charge in [-0.05, 0) is 50.1 Å². The summed E-state index contributed by atoms with van der Waals surface area (Å²) in [7, 11) is 1.74. The van der Waals surface area contributed by atoms with Crippen LogP contribution in [0.2, 0.25) is 0 Å². The number of nitrogens with zero attached hydrogens (tertiary/aromatic N) is 3. The lowest BCUT2D eigenvalue weighted by molar-refractivity contribution is -0.113. The molecule has 1 unspecified atom stereocenters. The van der Waals surface area contributed by atoms with Gasteiger partial charge in [-0.25, -0.2) is 8.78 Å². The lowest BCUT2D eigenvalue weighted by Gasteiger charge is -2.14. The van der Waals surface area contributed by atoms with Crippen LogP contribution >= 0.6 is 11.8 Å². The number of nitrogens with one attached hydrogen (secondary N) is 1. The Bertz CT molecular complexity index is 1070. The Balaban J connectivity index is 1.62. The third kappa shape index (κ3) is 5.15. The first kappa shape index (κ1) is 21.8. The zero-order valence-electron chi connectivity index (χ0n) is 17.1. The van der Waals surface area contributed by atoms with Gasteiger partial charge in [-0.3, -0.25) is 4.79 Å². The Morgan fingerprint density at radius 2 is 1.97 bits per heavy atom. The maximum atomic E-state index is 13.8. The normalized spacial score (nSPS) is 11.9. The number of benzene rings is 2. The van der Waals surface area contributed by atoms with E-state index >= 15 is 0 Å². The second-order valence-corrected chi connectivity index (χ2v) is 7.83. The van der Waals surface area contributed by atoms with E-state index in [9.17, 15) is 13.6 Å². The highest BCUT2D eigenvalue weighted by Gasteiger charge is 2.19. The lowest BCUT2D eigenvalue weighted by Crippen LogP contribution is -2.15. The SMILES string of the molecule is Cc1ccc(C)c(NC(=O)CSc2nnc(C(C)Oc3ccc(F)cc3F)n2C)c1. The maximum absolute atomic E-state index is 13.8. The van der Waals surface area contributed by atoms with Crippen molar-refractivity contribution in [2.75, 3.05) is 11.1 Å². The van der Waals surface area contributed by atoms with Crippen molar-refractivity contribution >= 4 is 23.4 Å². The molecule has 0 radical (unpaired) electrons. The van der Waals surface area contributed by atoms with Crippen LogP contribution in [0, 0.1) is 25.5 Å². The highest BCUT2D eigenvalue weighted by Crippen LogP contribution is 2.26. The monoisotopic (exact) mass is 432 g/mol. The molecule has 0 saturated carbocycles. The molecule has 1 amide bonds. The van der Waals surface area contributed by atoms with E-state index in [0.29, 0.717) is 11.0 Å². The van der Waals surface area contributed by atoms with Crippen LogP contribution in [-0.2, 0) is 11.8 Å². The summed E-state index contributed by atoms with van der Waals surface area (Å²) < 4.78 is 34.1. The van der Waals surface area contributed by atoms with Gasteiger partial charge in [-0.15, -0.1) is 10.2 Å². The van der Waals surface area contributed by atoms with Crippen LogP contribution in [-0.4, -0.2) is 26.4 Å². The number of hydrogen-bond acceptors (Lipinski definition) is 5. The molecule has 0 aliphatic rings. The summed E-state index contributed by atoms with van der Waals surface area (Å²) in [4.78, 5) is 12.3. The van der Waals surface area contributed by atoms with E-state index in [4.69, 9.17) is 4.74 Å². The minimum Gasteiger partial charge on any atom is -0.480 e. The van der Waals surface area contributed by atoms with E-state index in [2.05, 4.69) is 15.5 Å². The fourth-order valence-corrected chi connectivity index (χ4v) is 3.52. The third-order valence-electron chi connectivity index (χ3n) is 4.43. The molecule has 2 aromatic carbocycles. The topological polar surface area (TPSA) is 69.0 Å². The average molecular weight is 432 g/mol. The maximum Gasteiger partial charge on any atom is 0.234 e. The average Bonchev–Trinajstić information content (AvgIpc) is 3.06. The molecule has 0 aliphatic heterocycles. The fraction of sp³-hybridized carbons (Fsp3) is 0.286. The number of amides is 1. The van der Waals surface area contributed by atoms with Gasteiger partial charge in [0.15, 0.2) is 28.7 Å². The van der Waals surface area contributed by atoms with Crippen molar-refractivity contribution in [1.82, 2.24) is 14.8 Å². The van der Waals surface area contributed by atoms with Gasteiger partial charge in [0, 0.05) is 18.8 Å². The van der Waals surface area contributed by atoms with Gasteiger partial charge in [0.05, 0.1) is 5.75 Å². The Morgan fingerprint density at radius 3 is 2.70 bits per heavy atom. The van der Waals surface area contributed by atoms with E-state index in [1.54, 1.807) is 18.5 Å². The zero-order chi connectivity index (χ0) is 21.8. The number of halogens is 2. The second-order valence-electron chi connectivity index (χ2n) is 6.89. The van der Waals surface area contributed by atoms with E-state index in [1.165, 1.54) is 17.8 Å². The standard InChI is InChI=1S/C21H22F2N4O2S/c1-12-5-6-13(2)17(9-12)24-19(28)11-30-21-26-25-20(27(21)4)14(3)29-18-8-7-15(22)10-16(18)23/h5-10,14H,11H2,1-4H3,(H,24,28). The quantitative estimate of drug-likeness (QED) is 0.554. The first-order chi connectivity index (χ1) is 14.2. The number of aromatic nitrogens is 3. The summed E-state index contributed by atoms with van der Waals surface area (Å²) >= 11 is 1.23. The highest BCUT2D eigenvalue weighted by molar-refractivity contribution is 7.99. The van der Waals surface area contributed by atoms with Crippen molar-refractivity contribution < 1.29 is 18.3 Å². The number of hydrogen-bond donors (Lipinski definition) is 1. The number of rotatable bonds is 7.